The molecule has 2 aliphatic heterocycles. The third-order valence-corrected chi connectivity index (χ3v) is 5.54. The highest BCUT2D eigenvalue weighted by Crippen LogP contribution is 2.15. The van der Waals surface area contributed by atoms with Crippen molar-refractivity contribution in [3.63, 3.8) is 0 Å². The Hall–Kier alpha value is -1.86. The molecule has 7 nitrogen and oxygen atoms in total. The summed E-state index contributed by atoms with van der Waals surface area (Å²) in [6.07, 6.45) is 0. The van der Waals surface area contributed by atoms with Crippen LogP contribution in [0.2, 0.25) is 0 Å². The lowest BCUT2D eigenvalue weighted by atomic mass is 10.1. The van der Waals surface area contributed by atoms with E-state index in [9.17, 15) is 9.59 Å². The average molecular weight is 347 g/mol. The molecule has 25 heavy (non-hydrogen) atoms. The van der Waals surface area contributed by atoms with Gasteiger partial charge in [0.05, 0.1) is 6.54 Å². The molecule has 0 aromatic carbocycles. The van der Waals surface area contributed by atoms with E-state index in [0.29, 0.717) is 6.54 Å². The number of amides is 2. The fourth-order valence-electron chi connectivity index (χ4n) is 3.58. The summed E-state index contributed by atoms with van der Waals surface area (Å²) in [4.78, 5) is 30.6. The second-order valence-corrected chi connectivity index (χ2v) is 7.10. The minimum atomic E-state index is 0.0535. The molecule has 1 N–H and O–H groups in total. The highest BCUT2D eigenvalue weighted by atomic mass is 16.2. The molecule has 0 saturated carbocycles. The Kier molecular flexibility index (Phi) is 5.44. The lowest BCUT2D eigenvalue weighted by Gasteiger charge is -2.34. The van der Waals surface area contributed by atoms with Crippen LogP contribution in [-0.2, 0) is 7.05 Å². The number of carbonyl (C=O) groups excluding carboxylic acids is 2. The van der Waals surface area contributed by atoms with Crippen LogP contribution < -0.4 is 5.32 Å². The maximum absolute atomic E-state index is 12.6. The number of Topliss-reactive ketones (excluding diaryl/α,β-unsaturated/α-hetero) is 1. The van der Waals surface area contributed by atoms with Crippen molar-refractivity contribution >= 4 is 11.8 Å². The Morgan fingerprint density at radius 1 is 1.08 bits per heavy atom. The van der Waals surface area contributed by atoms with Crippen molar-refractivity contribution in [3.05, 3.63) is 23.0 Å². The van der Waals surface area contributed by atoms with Gasteiger partial charge in [0.2, 0.25) is 0 Å². The molecule has 2 amide bonds. The molecule has 1 aromatic heterocycles. The number of nitrogens with zero attached hydrogens (tertiary/aromatic N) is 4. The van der Waals surface area contributed by atoms with E-state index in [2.05, 4.69) is 19.7 Å². The molecule has 0 radical (unpaired) electrons. The van der Waals surface area contributed by atoms with Gasteiger partial charge in [0.1, 0.15) is 0 Å². The first-order valence-corrected chi connectivity index (χ1v) is 9.09. The van der Waals surface area contributed by atoms with E-state index in [1.807, 2.05) is 31.9 Å². The van der Waals surface area contributed by atoms with Gasteiger partial charge in [-0.2, -0.15) is 0 Å². The van der Waals surface area contributed by atoms with Crippen molar-refractivity contribution in [2.24, 2.45) is 7.05 Å². The third kappa shape index (κ3) is 4.04. The fraction of sp³-hybridized carbons (Fsp3) is 0.667. The highest BCUT2D eigenvalue weighted by molar-refractivity contribution is 5.99. The Balaban J connectivity index is 1.43. The summed E-state index contributed by atoms with van der Waals surface area (Å²) < 4.78 is 2.07. The summed E-state index contributed by atoms with van der Waals surface area (Å²) in [7, 11) is 2.00. The zero-order valence-electron chi connectivity index (χ0n) is 15.5. The number of aromatic nitrogens is 1. The lowest BCUT2D eigenvalue weighted by molar-refractivity contribution is 0.0842. The maximum atomic E-state index is 12.6. The van der Waals surface area contributed by atoms with E-state index in [4.69, 9.17) is 0 Å². The molecule has 0 unspecified atom stereocenters. The third-order valence-electron chi connectivity index (χ3n) is 5.54. The largest absolute Gasteiger partial charge is 0.351 e. The summed E-state index contributed by atoms with van der Waals surface area (Å²) in [5.74, 6) is 0.211. The topological polar surface area (TPSA) is 60.8 Å². The molecule has 2 fully saturated rings. The number of hydrogen-bond donors (Lipinski definition) is 1. The number of nitrogens with one attached hydrogen (secondary N) is 1. The van der Waals surface area contributed by atoms with Gasteiger partial charge in [-0.1, -0.05) is 0 Å². The normalized spacial score (nSPS) is 19.5. The summed E-state index contributed by atoms with van der Waals surface area (Å²) >= 11 is 0. The van der Waals surface area contributed by atoms with Gasteiger partial charge in [0, 0.05) is 76.4 Å². The van der Waals surface area contributed by atoms with E-state index >= 15 is 0 Å². The van der Waals surface area contributed by atoms with Crippen LogP contribution in [0.15, 0.2) is 6.07 Å². The van der Waals surface area contributed by atoms with Gasteiger partial charge >= 0.3 is 6.03 Å². The number of ketones is 1. The summed E-state index contributed by atoms with van der Waals surface area (Å²) in [5.41, 5.74) is 3.02. The molecule has 2 saturated heterocycles. The number of hydrogen-bond acceptors (Lipinski definition) is 4. The lowest BCUT2D eigenvalue weighted by Crippen LogP contribution is -2.49. The molecule has 138 valence electrons. The minimum Gasteiger partial charge on any atom is -0.351 e. The standard InChI is InChI=1S/C18H29N5O2/c1-14-12-16(15(2)20(14)3)17(24)13-22-8-6-21(7-9-22)10-11-23-5-4-19-18(23)25/h12H,4-11,13H2,1-3H3,(H,19,25). The van der Waals surface area contributed by atoms with Gasteiger partial charge in [0.25, 0.3) is 0 Å². The zero-order chi connectivity index (χ0) is 18.0. The van der Waals surface area contributed by atoms with Crippen LogP contribution in [0.5, 0.6) is 0 Å². The van der Waals surface area contributed by atoms with Crippen LogP contribution in [0, 0.1) is 13.8 Å². The Morgan fingerprint density at radius 2 is 1.76 bits per heavy atom. The molecular formula is C18H29N5O2. The van der Waals surface area contributed by atoms with Crippen LogP contribution in [0.25, 0.3) is 0 Å². The minimum absolute atomic E-state index is 0.0535. The maximum Gasteiger partial charge on any atom is 0.317 e. The molecule has 3 heterocycles. The molecule has 7 heteroatoms. The van der Waals surface area contributed by atoms with Crippen LogP contribution in [0.1, 0.15) is 21.7 Å². The summed E-state index contributed by atoms with van der Waals surface area (Å²) in [6, 6.07) is 2.05. The van der Waals surface area contributed by atoms with Crippen LogP contribution in [0.3, 0.4) is 0 Å². The predicted octanol–water partition coefficient (Wildman–Crippen LogP) is 0.467. The van der Waals surface area contributed by atoms with Gasteiger partial charge in [-0.05, 0) is 19.9 Å². The van der Waals surface area contributed by atoms with Gasteiger partial charge in [-0.15, -0.1) is 0 Å². The van der Waals surface area contributed by atoms with E-state index in [0.717, 1.165) is 69.3 Å². The van der Waals surface area contributed by atoms with Gasteiger partial charge in [-0.3, -0.25) is 14.6 Å². The number of urea groups is 1. The van der Waals surface area contributed by atoms with E-state index in [1.54, 1.807) is 0 Å². The molecular weight excluding hydrogens is 318 g/mol. The number of piperazine rings is 1. The van der Waals surface area contributed by atoms with Gasteiger partial charge < -0.3 is 14.8 Å². The molecule has 1 aromatic rings. The van der Waals surface area contributed by atoms with Crippen molar-refractivity contribution in [1.29, 1.82) is 0 Å². The van der Waals surface area contributed by atoms with Crippen LogP contribution >= 0.6 is 0 Å². The Morgan fingerprint density at radius 3 is 2.32 bits per heavy atom. The molecule has 3 rings (SSSR count). The first-order valence-electron chi connectivity index (χ1n) is 9.09. The average Bonchev–Trinajstić information content (AvgIpc) is 3.12. The SMILES string of the molecule is Cc1cc(C(=O)CN2CCN(CCN3CCNC3=O)CC2)c(C)n1C. The first-order chi connectivity index (χ1) is 12.0. The van der Waals surface area contributed by atoms with Crippen molar-refractivity contribution in [3.8, 4) is 0 Å². The van der Waals surface area contributed by atoms with Crippen molar-refractivity contribution in [2.75, 3.05) is 58.9 Å². The Labute approximate surface area is 149 Å². The second-order valence-electron chi connectivity index (χ2n) is 7.10. The molecule has 0 atom stereocenters. The number of aryl methyl sites for hydroxylation is 1. The molecule has 0 aliphatic carbocycles. The van der Waals surface area contributed by atoms with E-state index in [1.165, 1.54) is 0 Å². The Bertz CT molecular complexity index is 646. The highest BCUT2D eigenvalue weighted by Gasteiger charge is 2.23. The zero-order valence-corrected chi connectivity index (χ0v) is 15.5. The van der Waals surface area contributed by atoms with Gasteiger partial charge in [0.15, 0.2) is 5.78 Å². The molecule has 2 aliphatic rings. The van der Waals surface area contributed by atoms with Crippen molar-refractivity contribution in [1.82, 2.24) is 24.6 Å². The second kappa shape index (κ2) is 7.58. The van der Waals surface area contributed by atoms with Crippen LogP contribution in [0.4, 0.5) is 4.79 Å². The quantitative estimate of drug-likeness (QED) is 0.760. The summed E-state index contributed by atoms with van der Waals surface area (Å²) in [5, 5.41) is 2.83. The monoisotopic (exact) mass is 347 g/mol. The van der Waals surface area contributed by atoms with Gasteiger partial charge in [-0.25, -0.2) is 4.79 Å². The molecule has 0 spiro atoms. The smallest absolute Gasteiger partial charge is 0.317 e. The summed E-state index contributed by atoms with van der Waals surface area (Å²) in [6.45, 7) is 11.5. The molecule has 0 bridgehead atoms. The number of rotatable bonds is 6. The fourth-order valence-corrected chi connectivity index (χ4v) is 3.58. The van der Waals surface area contributed by atoms with E-state index < -0.39 is 0 Å². The first kappa shape index (κ1) is 17.9. The predicted molar refractivity (Wildman–Crippen MR) is 97.1 cm³/mol. The number of carbonyl (C=O) groups is 2. The van der Waals surface area contributed by atoms with E-state index in [-0.39, 0.29) is 11.8 Å². The van der Waals surface area contributed by atoms with Crippen molar-refractivity contribution < 1.29 is 9.59 Å². The van der Waals surface area contributed by atoms with Crippen molar-refractivity contribution in [2.45, 2.75) is 13.8 Å². The van der Waals surface area contributed by atoms with Crippen LogP contribution in [-0.4, -0.2) is 90.0 Å².